The van der Waals surface area contributed by atoms with Crippen LogP contribution in [0.4, 0.5) is 5.69 Å². The van der Waals surface area contributed by atoms with Crippen molar-refractivity contribution in [3.8, 4) is 0 Å². The lowest BCUT2D eigenvalue weighted by Crippen LogP contribution is -2.40. The van der Waals surface area contributed by atoms with Gasteiger partial charge in [-0.3, -0.25) is 9.59 Å². The van der Waals surface area contributed by atoms with Gasteiger partial charge in [-0.05, 0) is 49.6 Å². The summed E-state index contributed by atoms with van der Waals surface area (Å²) in [4.78, 5) is 29.0. The van der Waals surface area contributed by atoms with Crippen LogP contribution in [0.2, 0.25) is 0 Å². The molecule has 0 aliphatic carbocycles. The van der Waals surface area contributed by atoms with Gasteiger partial charge in [0.2, 0.25) is 5.91 Å². The van der Waals surface area contributed by atoms with Crippen LogP contribution in [0.5, 0.6) is 0 Å². The van der Waals surface area contributed by atoms with Crippen molar-refractivity contribution in [3.05, 3.63) is 65.2 Å². The molecule has 3 rings (SSSR count). The minimum atomic E-state index is -0.0544. The molecule has 1 heterocycles. The first-order chi connectivity index (χ1) is 15.5. The number of guanidine groups is 1. The largest absolute Gasteiger partial charge is 0.357 e. The van der Waals surface area contributed by atoms with E-state index >= 15 is 0 Å². The Morgan fingerprint density at radius 2 is 1.88 bits per heavy atom. The van der Waals surface area contributed by atoms with Crippen LogP contribution in [0.3, 0.4) is 0 Å². The van der Waals surface area contributed by atoms with Gasteiger partial charge >= 0.3 is 0 Å². The van der Waals surface area contributed by atoms with Crippen LogP contribution in [0.1, 0.15) is 61.0 Å². The van der Waals surface area contributed by atoms with Gasteiger partial charge < -0.3 is 21.3 Å². The third-order valence-electron chi connectivity index (χ3n) is 5.59. The fraction of sp³-hybridized carbons (Fsp3) is 0.400. The summed E-state index contributed by atoms with van der Waals surface area (Å²) in [5.74, 6) is 0.776. The number of hydrogen-bond donors (Lipinski definition) is 4. The van der Waals surface area contributed by atoms with Crippen molar-refractivity contribution in [2.75, 3.05) is 18.4 Å². The highest BCUT2D eigenvalue weighted by molar-refractivity contribution is 5.95. The van der Waals surface area contributed by atoms with E-state index in [1.54, 1.807) is 0 Å². The fourth-order valence-electron chi connectivity index (χ4n) is 3.59. The van der Waals surface area contributed by atoms with Crippen molar-refractivity contribution in [2.45, 2.75) is 52.1 Å². The Morgan fingerprint density at radius 1 is 1.12 bits per heavy atom. The molecule has 0 bridgehead atoms. The van der Waals surface area contributed by atoms with Crippen LogP contribution in [0, 0.1) is 0 Å². The molecule has 32 heavy (non-hydrogen) atoms. The summed E-state index contributed by atoms with van der Waals surface area (Å²) in [6.45, 7) is 7.90. The molecule has 0 radical (unpaired) electrons. The van der Waals surface area contributed by atoms with Crippen molar-refractivity contribution in [3.63, 3.8) is 0 Å². The number of nitrogens with zero attached hydrogens (tertiary/aromatic N) is 1. The molecular formula is C25H33N5O2. The van der Waals surface area contributed by atoms with E-state index in [1.807, 2.05) is 63.2 Å². The normalized spacial score (nSPS) is 16.5. The highest BCUT2D eigenvalue weighted by atomic mass is 16.2. The first-order valence-corrected chi connectivity index (χ1v) is 11.3. The number of para-hydroxylation sites is 1. The fourth-order valence-corrected chi connectivity index (χ4v) is 3.59. The zero-order chi connectivity index (χ0) is 22.9. The number of amides is 2. The number of fused-ring (bicyclic) bond motifs is 1. The van der Waals surface area contributed by atoms with Gasteiger partial charge in [-0.15, -0.1) is 0 Å². The van der Waals surface area contributed by atoms with E-state index in [0.717, 1.165) is 29.8 Å². The molecule has 0 saturated heterocycles. The van der Waals surface area contributed by atoms with Crippen LogP contribution in [-0.2, 0) is 11.3 Å². The molecule has 7 nitrogen and oxygen atoms in total. The lowest BCUT2D eigenvalue weighted by Gasteiger charge is -2.26. The van der Waals surface area contributed by atoms with E-state index < -0.39 is 0 Å². The molecule has 2 unspecified atom stereocenters. The van der Waals surface area contributed by atoms with E-state index in [-0.39, 0.29) is 23.8 Å². The average molecular weight is 436 g/mol. The van der Waals surface area contributed by atoms with E-state index in [9.17, 15) is 9.59 Å². The van der Waals surface area contributed by atoms with Gasteiger partial charge in [0, 0.05) is 42.7 Å². The Hall–Kier alpha value is -3.35. The van der Waals surface area contributed by atoms with Crippen molar-refractivity contribution >= 4 is 23.5 Å². The van der Waals surface area contributed by atoms with E-state index in [1.165, 1.54) is 0 Å². The zero-order valence-corrected chi connectivity index (χ0v) is 19.1. The second-order valence-electron chi connectivity index (χ2n) is 8.09. The Morgan fingerprint density at radius 3 is 2.59 bits per heavy atom. The molecule has 0 aromatic heterocycles. The second kappa shape index (κ2) is 11.3. The van der Waals surface area contributed by atoms with Crippen molar-refractivity contribution in [2.24, 2.45) is 4.99 Å². The van der Waals surface area contributed by atoms with Gasteiger partial charge in [0.15, 0.2) is 5.96 Å². The molecule has 170 valence electrons. The standard InChI is InChI=1S/C25H33N5O2/c1-4-17(3)29-24(32)19-12-10-18(11-13-19)15-27-25(26-5-2)28-16-20-14-23(31)30-22-9-7-6-8-21(20)22/h6-13,17,20H,4-5,14-16H2,1-3H3,(H,29,32)(H,30,31)(H2,26,27,28). The zero-order valence-electron chi connectivity index (χ0n) is 19.1. The van der Waals surface area contributed by atoms with Crippen LogP contribution in [-0.4, -0.2) is 36.9 Å². The topological polar surface area (TPSA) is 94.6 Å². The number of carbonyl (C=O) groups excluding carboxylic acids is 2. The summed E-state index contributed by atoms with van der Waals surface area (Å²) in [5, 5.41) is 12.5. The smallest absolute Gasteiger partial charge is 0.251 e. The predicted molar refractivity (Wildman–Crippen MR) is 129 cm³/mol. The number of carbonyl (C=O) groups is 2. The summed E-state index contributed by atoms with van der Waals surface area (Å²) in [7, 11) is 0. The molecular weight excluding hydrogens is 402 g/mol. The number of hydrogen-bond acceptors (Lipinski definition) is 3. The number of anilines is 1. The van der Waals surface area contributed by atoms with E-state index in [0.29, 0.717) is 31.0 Å². The van der Waals surface area contributed by atoms with Gasteiger partial charge in [-0.1, -0.05) is 37.3 Å². The van der Waals surface area contributed by atoms with Gasteiger partial charge in [0.05, 0.1) is 6.54 Å². The Kier molecular flexibility index (Phi) is 8.25. The maximum Gasteiger partial charge on any atom is 0.251 e. The second-order valence-corrected chi connectivity index (χ2v) is 8.09. The summed E-state index contributed by atoms with van der Waals surface area (Å²) in [5.41, 5.74) is 3.69. The monoisotopic (exact) mass is 435 g/mol. The molecule has 2 aromatic rings. The lowest BCUT2D eigenvalue weighted by molar-refractivity contribution is -0.116. The molecule has 2 amide bonds. The molecule has 2 aromatic carbocycles. The molecule has 1 aliphatic rings. The van der Waals surface area contributed by atoms with Crippen molar-refractivity contribution in [1.29, 1.82) is 0 Å². The number of rotatable bonds is 8. The predicted octanol–water partition coefficient (Wildman–Crippen LogP) is 3.40. The number of nitrogens with one attached hydrogen (secondary N) is 4. The molecule has 0 saturated carbocycles. The number of benzene rings is 2. The van der Waals surface area contributed by atoms with Crippen molar-refractivity contribution in [1.82, 2.24) is 16.0 Å². The minimum absolute atomic E-state index is 0.0369. The molecule has 0 fully saturated rings. The first-order valence-electron chi connectivity index (χ1n) is 11.3. The third-order valence-corrected chi connectivity index (χ3v) is 5.59. The van der Waals surface area contributed by atoms with E-state index in [2.05, 4.69) is 32.3 Å². The Labute approximate surface area is 190 Å². The Bertz CT molecular complexity index is 955. The summed E-state index contributed by atoms with van der Waals surface area (Å²) < 4.78 is 0. The van der Waals surface area contributed by atoms with Crippen LogP contribution in [0.15, 0.2) is 53.5 Å². The van der Waals surface area contributed by atoms with Gasteiger partial charge in [0.25, 0.3) is 5.91 Å². The van der Waals surface area contributed by atoms with Crippen molar-refractivity contribution < 1.29 is 9.59 Å². The quantitative estimate of drug-likeness (QED) is 0.378. The SMILES string of the molecule is CCNC(=NCc1ccc(C(=O)NC(C)CC)cc1)NCC1CC(=O)Nc2ccccc21. The Balaban J connectivity index is 1.61. The van der Waals surface area contributed by atoms with Gasteiger partial charge in [-0.25, -0.2) is 4.99 Å². The molecule has 2 atom stereocenters. The van der Waals surface area contributed by atoms with Gasteiger partial charge in [-0.2, -0.15) is 0 Å². The average Bonchev–Trinajstić information content (AvgIpc) is 2.80. The minimum Gasteiger partial charge on any atom is -0.357 e. The van der Waals surface area contributed by atoms with E-state index in [4.69, 9.17) is 0 Å². The maximum absolute atomic E-state index is 12.2. The first kappa shape index (κ1) is 23.3. The van der Waals surface area contributed by atoms with Crippen LogP contribution < -0.4 is 21.3 Å². The molecule has 0 spiro atoms. The highest BCUT2D eigenvalue weighted by Gasteiger charge is 2.24. The maximum atomic E-state index is 12.2. The summed E-state index contributed by atoms with van der Waals surface area (Å²) >= 11 is 0. The van der Waals surface area contributed by atoms with Crippen LogP contribution in [0.25, 0.3) is 0 Å². The van der Waals surface area contributed by atoms with Crippen LogP contribution >= 0.6 is 0 Å². The molecule has 7 heteroatoms. The van der Waals surface area contributed by atoms with Gasteiger partial charge in [0.1, 0.15) is 0 Å². The lowest BCUT2D eigenvalue weighted by atomic mass is 9.90. The summed E-state index contributed by atoms with van der Waals surface area (Å²) in [6.07, 6.45) is 1.35. The third kappa shape index (κ3) is 6.33. The highest BCUT2D eigenvalue weighted by Crippen LogP contribution is 2.31. The summed E-state index contributed by atoms with van der Waals surface area (Å²) in [6, 6.07) is 15.6. The molecule has 4 N–H and O–H groups in total. The molecule has 1 aliphatic heterocycles. The number of aliphatic imine (C=N–C) groups is 1.